The molecule has 0 unspecified atom stereocenters. The molecule has 1 aromatic heterocycles. The number of hydrogen-bond acceptors (Lipinski definition) is 14. The number of aromatic nitrogens is 2. The van der Waals surface area contributed by atoms with Crippen molar-refractivity contribution in [3.8, 4) is 0 Å². The number of anilines is 1. The number of carbonyl (C=O) groups is 1. The number of rotatable bonds is 27. The number of fused-ring (bicyclic) bond motifs is 1. The van der Waals surface area contributed by atoms with Crippen LogP contribution in [0.3, 0.4) is 0 Å². The van der Waals surface area contributed by atoms with Crippen molar-refractivity contribution in [3.05, 3.63) is 34.4 Å². The lowest BCUT2D eigenvalue weighted by molar-refractivity contribution is -0.383. The number of amides is 1. The third kappa shape index (κ3) is 14.3. The largest absolute Gasteiger partial charge is 0.394 e. The first-order chi connectivity index (χ1) is 25.2. The first-order valence-electron chi connectivity index (χ1n) is 18.9. The number of carbonyl (C=O) groups excluding carboxylic acids is 1. The molecule has 1 aliphatic heterocycles. The molecular weight excluding hydrogens is 678 g/mol. The predicted octanol–water partition coefficient (Wildman–Crippen LogP) is 4.02. The van der Waals surface area contributed by atoms with Crippen molar-refractivity contribution >= 4 is 28.3 Å². The van der Waals surface area contributed by atoms with Crippen LogP contribution in [0, 0.1) is 10.1 Å². The van der Waals surface area contributed by atoms with E-state index >= 15 is 0 Å². The van der Waals surface area contributed by atoms with E-state index in [0.717, 1.165) is 19.3 Å². The lowest BCUT2D eigenvalue weighted by Gasteiger charge is -2.40. The van der Waals surface area contributed by atoms with Gasteiger partial charge in [0, 0.05) is 19.0 Å². The van der Waals surface area contributed by atoms with Gasteiger partial charge in [0.25, 0.3) is 0 Å². The first kappa shape index (κ1) is 43.2. The zero-order valence-electron chi connectivity index (χ0n) is 30.3. The van der Waals surface area contributed by atoms with Crippen LogP contribution in [0.4, 0.5) is 11.4 Å². The Morgan fingerprint density at radius 2 is 1.60 bits per heavy atom. The van der Waals surface area contributed by atoms with E-state index in [1.54, 1.807) is 12.1 Å². The van der Waals surface area contributed by atoms with Gasteiger partial charge in [0.05, 0.1) is 36.0 Å². The molecule has 1 amide bonds. The van der Waals surface area contributed by atoms with Gasteiger partial charge in [0.1, 0.15) is 24.4 Å². The van der Waals surface area contributed by atoms with Crippen molar-refractivity contribution in [2.75, 3.05) is 25.1 Å². The highest BCUT2D eigenvalue weighted by Gasteiger charge is 2.44. The fourth-order valence-corrected chi connectivity index (χ4v) is 6.16. The summed E-state index contributed by atoms with van der Waals surface area (Å²) < 4.78 is 15.8. The van der Waals surface area contributed by atoms with Gasteiger partial charge in [-0.25, -0.2) is 4.63 Å². The molecule has 0 bridgehead atoms. The molecule has 0 aliphatic carbocycles. The standard InChI is InChI=1S/C36H59N5O11/c1-2-3-4-5-6-7-8-9-10-11-12-13-15-18-28(43)26(24-50-36-35(47)34(46)33(45)29(23-42)51-36)38-30(44)19-16-14-17-22-37-25-20-21-27(41(48)49)32-31(25)39-52-40-32/h15,18,20-21,26,28-29,33-37,42-43,45-47H,2-14,16-17,19,22-24H2,1H3,(H,38,44)/b18-15+/t26-,28+,29+,33+,34-,35+,36+/m0/s1. The zero-order chi connectivity index (χ0) is 37.7. The molecule has 0 radical (unpaired) electrons. The molecule has 52 heavy (non-hydrogen) atoms. The smallest absolute Gasteiger partial charge is 0.300 e. The van der Waals surface area contributed by atoms with E-state index in [1.165, 1.54) is 63.9 Å². The number of benzene rings is 1. The highest BCUT2D eigenvalue weighted by Crippen LogP contribution is 2.29. The summed E-state index contributed by atoms with van der Waals surface area (Å²) in [4.78, 5) is 23.6. The number of nitro benzene ring substituents is 1. The summed E-state index contributed by atoms with van der Waals surface area (Å²) in [7, 11) is 0. The molecule has 0 saturated carbocycles. The minimum atomic E-state index is -1.62. The van der Waals surface area contributed by atoms with E-state index in [2.05, 4.69) is 32.5 Å². The Hall–Kier alpha value is -3.25. The van der Waals surface area contributed by atoms with Gasteiger partial charge in [-0.15, -0.1) is 0 Å². The van der Waals surface area contributed by atoms with Crippen molar-refractivity contribution in [1.82, 2.24) is 15.6 Å². The van der Waals surface area contributed by atoms with Crippen LogP contribution in [0.25, 0.3) is 11.0 Å². The summed E-state index contributed by atoms with van der Waals surface area (Å²) >= 11 is 0. The van der Waals surface area contributed by atoms with E-state index in [1.807, 2.05) is 6.08 Å². The Morgan fingerprint density at radius 3 is 2.27 bits per heavy atom. The molecule has 1 fully saturated rings. The molecule has 16 heteroatoms. The third-order valence-corrected chi connectivity index (χ3v) is 9.34. The first-order valence-corrected chi connectivity index (χ1v) is 18.9. The van der Waals surface area contributed by atoms with Crippen LogP contribution in [-0.4, -0.2) is 109 Å². The van der Waals surface area contributed by atoms with Gasteiger partial charge in [0.2, 0.25) is 11.4 Å². The van der Waals surface area contributed by atoms with Crippen molar-refractivity contribution in [2.24, 2.45) is 0 Å². The Kier molecular flexibility index (Phi) is 20.0. The van der Waals surface area contributed by atoms with E-state index in [0.29, 0.717) is 31.5 Å². The number of nitrogens with zero attached hydrogens (tertiary/aromatic N) is 3. The van der Waals surface area contributed by atoms with Crippen LogP contribution in [0.1, 0.15) is 110 Å². The number of aliphatic hydroxyl groups excluding tert-OH is 5. The molecule has 1 aromatic carbocycles. The lowest BCUT2D eigenvalue weighted by atomic mass is 9.99. The topological polar surface area (TPSA) is 243 Å². The second-order valence-electron chi connectivity index (χ2n) is 13.5. The summed E-state index contributed by atoms with van der Waals surface area (Å²) in [6.45, 7) is 1.86. The van der Waals surface area contributed by atoms with Crippen LogP contribution in [0.5, 0.6) is 0 Å². The van der Waals surface area contributed by atoms with Gasteiger partial charge in [0.15, 0.2) is 11.8 Å². The van der Waals surface area contributed by atoms with Crippen LogP contribution in [0.15, 0.2) is 28.9 Å². The molecule has 2 aromatic rings. The highest BCUT2D eigenvalue weighted by atomic mass is 16.7. The fraction of sp³-hybridized carbons (Fsp3) is 0.750. The zero-order valence-corrected chi connectivity index (χ0v) is 30.3. The van der Waals surface area contributed by atoms with Gasteiger partial charge in [-0.2, -0.15) is 0 Å². The Labute approximate surface area is 305 Å². The molecule has 3 rings (SSSR count). The van der Waals surface area contributed by atoms with Crippen LogP contribution in [0.2, 0.25) is 0 Å². The number of ether oxygens (including phenoxy) is 2. The molecule has 7 N–H and O–H groups in total. The van der Waals surface area contributed by atoms with Crippen LogP contribution >= 0.6 is 0 Å². The number of allylic oxidation sites excluding steroid dienone is 1. The Balaban J connectivity index is 1.43. The lowest BCUT2D eigenvalue weighted by Crippen LogP contribution is -2.60. The van der Waals surface area contributed by atoms with Crippen molar-refractivity contribution in [3.63, 3.8) is 0 Å². The number of nitro groups is 1. The maximum atomic E-state index is 12.9. The number of nitrogens with one attached hydrogen (secondary N) is 2. The van der Waals surface area contributed by atoms with Crippen molar-refractivity contribution < 1.29 is 49.4 Å². The molecule has 294 valence electrons. The SMILES string of the molecule is CCCCCCCCCCCCC/C=C/[C@@H](O)[C@H](CO[C@@H]1O[C@H](CO)[C@@H](O)[C@H](O)[C@H]1O)NC(=O)CCCCCNc1ccc([N+](=O)[O-])c2nonc12. The average molecular weight is 738 g/mol. The summed E-state index contributed by atoms with van der Waals surface area (Å²) in [6, 6.07) is 1.97. The number of hydrogen-bond donors (Lipinski definition) is 7. The van der Waals surface area contributed by atoms with Crippen molar-refractivity contribution in [1.29, 1.82) is 0 Å². The van der Waals surface area contributed by atoms with Crippen LogP contribution in [-0.2, 0) is 14.3 Å². The number of non-ortho nitro benzene ring substituents is 1. The quantitative estimate of drug-likeness (QED) is 0.0297. The molecule has 2 heterocycles. The normalized spacial score (nSPS) is 21.8. The van der Waals surface area contributed by atoms with Crippen molar-refractivity contribution in [2.45, 2.75) is 153 Å². The monoisotopic (exact) mass is 737 g/mol. The van der Waals surface area contributed by atoms with E-state index in [4.69, 9.17) is 9.47 Å². The molecule has 1 saturated heterocycles. The fourth-order valence-electron chi connectivity index (χ4n) is 6.16. The minimum absolute atomic E-state index is 0.0582. The maximum absolute atomic E-state index is 12.9. The molecule has 0 spiro atoms. The third-order valence-electron chi connectivity index (χ3n) is 9.34. The van der Waals surface area contributed by atoms with Crippen LogP contribution < -0.4 is 10.6 Å². The summed E-state index contributed by atoms with van der Waals surface area (Å²) in [5, 5.41) is 75.6. The van der Waals surface area contributed by atoms with E-state index < -0.39 is 54.4 Å². The van der Waals surface area contributed by atoms with Gasteiger partial charge in [-0.1, -0.05) is 89.7 Å². The Bertz CT molecular complexity index is 1340. The summed E-state index contributed by atoms with van der Waals surface area (Å²) in [6.07, 6.45) is 11.5. The van der Waals surface area contributed by atoms with Gasteiger partial charge >= 0.3 is 5.69 Å². The number of unbranched alkanes of at least 4 members (excludes halogenated alkanes) is 13. The van der Waals surface area contributed by atoms with Gasteiger partial charge < -0.3 is 45.6 Å². The summed E-state index contributed by atoms with van der Waals surface area (Å²) in [5.41, 5.74) is 0.668. The Morgan fingerprint density at radius 1 is 0.942 bits per heavy atom. The van der Waals surface area contributed by atoms with E-state index in [9.17, 15) is 40.4 Å². The van der Waals surface area contributed by atoms with E-state index in [-0.39, 0.29) is 35.7 Å². The molecular formula is C36H59N5O11. The second-order valence-corrected chi connectivity index (χ2v) is 13.5. The highest BCUT2D eigenvalue weighted by molar-refractivity contribution is 5.93. The summed E-state index contributed by atoms with van der Waals surface area (Å²) in [5.74, 6) is -0.320. The second kappa shape index (κ2) is 24.1. The minimum Gasteiger partial charge on any atom is -0.394 e. The predicted molar refractivity (Wildman–Crippen MR) is 193 cm³/mol. The van der Waals surface area contributed by atoms with Gasteiger partial charge in [-0.3, -0.25) is 14.9 Å². The number of aliphatic hydroxyl groups is 5. The molecule has 7 atom stereocenters. The molecule has 16 nitrogen and oxygen atoms in total. The van der Waals surface area contributed by atoms with Gasteiger partial charge in [-0.05, 0) is 42.1 Å². The average Bonchev–Trinajstić information content (AvgIpc) is 3.63. The maximum Gasteiger partial charge on any atom is 0.300 e. The molecule has 1 aliphatic rings.